The van der Waals surface area contributed by atoms with Gasteiger partial charge in [-0.1, -0.05) is 13.8 Å². The Bertz CT molecular complexity index is 451. The Labute approximate surface area is 117 Å². The molecule has 0 spiro atoms. The Morgan fingerprint density at radius 2 is 2.05 bits per heavy atom. The lowest BCUT2D eigenvalue weighted by molar-refractivity contribution is -0.137. The molecule has 1 rings (SSSR count). The summed E-state index contributed by atoms with van der Waals surface area (Å²) in [5, 5.41) is 13.5. The summed E-state index contributed by atoms with van der Waals surface area (Å²) < 4.78 is 0. The molecule has 0 fully saturated rings. The van der Waals surface area contributed by atoms with Crippen LogP contribution in [0.15, 0.2) is 11.4 Å². The molecule has 0 unspecified atom stereocenters. The first kappa shape index (κ1) is 15.7. The Hall–Kier alpha value is -1.36. The second-order valence-electron chi connectivity index (χ2n) is 5.50. The fourth-order valence-corrected chi connectivity index (χ4v) is 2.61. The highest BCUT2D eigenvalue weighted by Crippen LogP contribution is 2.26. The van der Waals surface area contributed by atoms with Gasteiger partial charge in [-0.05, 0) is 42.2 Å². The number of nitrogens with one attached hydrogen (secondary N) is 1. The molecule has 0 atom stereocenters. The highest BCUT2D eigenvalue weighted by Gasteiger charge is 2.19. The van der Waals surface area contributed by atoms with Crippen LogP contribution >= 0.6 is 11.3 Å². The smallest absolute Gasteiger partial charge is 0.303 e. The van der Waals surface area contributed by atoms with Crippen molar-refractivity contribution < 1.29 is 14.7 Å². The number of hydrogen-bond donors (Lipinski definition) is 2. The van der Waals surface area contributed by atoms with Crippen LogP contribution in [-0.4, -0.2) is 23.5 Å². The zero-order valence-corrected chi connectivity index (χ0v) is 12.5. The molecule has 0 aliphatic heterocycles. The molecule has 19 heavy (non-hydrogen) atoms. The highest BCUT2D eigenvalue weighted by molar-refractivity contribution is 7.12. The highest BCUT2D eigenvalue weighted by atomic mass is 32.1. The van der Waals surface area contributed by atoms with Gasteiger partial charge in [-0.15, -0.1) is 11.3 Å². The van der Waals surface area contributed by atoms with E-state index >= 15 is 0 Å². The average Bonchev–Trinajstić information content (AvgIpc) is 2.73. The molecule has 0 radical (unpaired) electrons. The number of amides is 1. The first-order chi connectivity index (χ1) is 8.82. The Kier molecular flexibility index (Phi) is 5.54. The van der Waals surface area contributed by atoms with E-state index in [1.165, 1.54) is 11.3 Å². The Morgan fingerprint density at radius 3 is 2.58 bits per heavy atom. The van der Waals surface area contributed by atoms with Crippen LogP contribution in [0, 0.1) is 12.3 Å². The first-order valence-electron chi connectivity index (χ1n) is 6.36. The molecule has 0 aromatic carbocycles. The van der Waals surface area contributed by atoms with E-state index < -0.39 is 5.97 Å². The van der Waals surface area contributed by atoms with E-state index in [1.807, 2.05) is 32.2 Å². The molecule has 1 aromatic rings. The van der Waals surface area contributed by atoms with Crippen LogP contribution in [0.5, 0.6) is 0 Å². The van der Waals surface area contributed by atoms with Crippen molar-refractivity contribution in [2.75, 3.05) is 6.54 Å². The van der Waals surface area contributed by atoms with Gasteiger partial charge in [0.25, 0.3) is 5.91 Å². The second kappa shape index (κ2) is 6.70. The number of aliphatic carboxylic acids is 1. The van der Waals surface area contributed by atoms with E-state index in [2.05, 4.69) is 5.32 Å². The second-order valence-corrected chi connectivity index (χ2v) is 6.41. The van der Waals surface area contributed by atoms with Crippen LogP contribution in [0.25, 0.3) is 0 Å². The lowest BCUT2D eigenvalue weighted by Gasteiger charge is -2.23. The topological polar surface area (TPSA) is 66.4 Å². The van der Waals surface area contributed by atoms with Crippen LogP contribution in [-0.2, 0) is 4.79 Å². The monoisotopic (exact) mass is 283 g/mol. The van der Waals surface area contributed by atoms with E-state index in [0.29, 0.717) is 13.0 Å². The van der Waals surface area contributed by atoms with Crippen molar-refractivity contribution in [3.05, 3.63) is 21.9 Å². The van der Waals surface area contributed by atoms with E-state index in [0.717, 1.165) is 16.9 Å². The Balaban J connectivity index is 2.35. The van der Waals surface area contributed by atoms with Crippen molar-refractivity contribution >= 4 is 23.2 Å². The number of carbonyl (C=O) groups excluding carboxylic acids is 1. The summed E-state index contributed by atoms with van der Waals surface area (Å²) in [6.45, 7) is 6.54. The molecule has 5 heteroatoms. The molecule has 4 nitrogen and oxygen atoms in total. The van der Waals surface area contributed by atoms with Crippen LogP contribution in [0.2, 0.25) is 0 Å². The summed E-state index contributed by atoms with van der Waals surface area (Å²) >= 11 is 1.44. The minimum atomic E-state index is -0.772. The van der Waals surface area contributed by atoms with Gasteiger partial charge in [0, 0.05) is 13.0 Å². The minimum absolute atomic E-state index is 0.0402. The minimum Gasteiger partial charge on any atom is -0.481 e. The lowest BCUT2D eigenvalue weighted by atomic mass is 9.84. The van der Waals surface area contributed by atoms with Crippen LogP contribution < -0.4 is 5.32 Å². The van der Waals surface area contributed by atoms with Crippen molar-refractivity contribution in [3.63, 3.8) is 0 Å². The van der Waals surface area contributed by atoms with Crippen LogP contribution in [0.1, 0.15) is 48.3 Å². The summed E-state index contributed by atoms with van der Waals surface area (Å²) in [5.74, 6) is -0.812. The zero-order valence-electron chi connectivity index (χ0n) is 11.7. The molecule has 0 bridgehead atoms. The number of rotatable bonds is 7. The van der Waals surface area contributed by atoms with E-state index in [4.69, 9.17) is 5.11 Å². The first-order valence-corrected chi connectivity index (χ1v) is 7.24. The molecule has 0 saturated heterocycles. The van der Waals surface area contributed by atoms with E-state index in [-0.39, 0.29) is 17.7 Å². The molecular weight excluding hydrogens is 262 g/mol. The number of carboxylic acid groups (broad SMARTS) is 1. The third-order valence-electron chi connectivity index (χ3n) is 3.17. The third-order valence-corrected chi connectivity index (χ3v) is 4.19. The van der Waals surface area contributed by atoms with Crippen molar-refractivity contribution in [2.45, 2.75) is 40.0 Å². The molecule has 0 aliphatic rings. The van der Waals surface area contributed by atoms with Crippen LogP contribution in [0.3, 0.4) is 0 Å². The summed E-state index contributed by atoms with van der Waals surface area (Å²) in [6.07, 6.45) is 1.57. The summed E-state index contributed by atoms with van der Waals surface area (Å²) in [5.41, 5.74) is 0.920. The average molecular weight is 283 g/mol. The van der Waals surface area contributed by atoms with Gasteiger partial charge in [0.15, 0.2) is 0 Å². The maximum Gasteiger partial charge on any atom is 0.303 e. The zero-order chi connectivity index (χ0) is 14.5. The molecule has 0 saturated carbocycles. The van der Waals surface area contributed by atoms with E-state index in [9.17, 15) is 9.59 Å². The van der Waals surface area contributed by atoms with Gasteiger partial charge in [-0.25, -0.2) is 0 Å². The fraction of sp³-hybridized carbons (Fsp3) is 0.571. The number of carboxylic acids is 1. The van der Waals surface area contributed by atoms with Gasteiger partial charge in [0.2, 0.25) is 0 Å². The SMILES string of the molecule is Cc1ccsc1C(=O)NCCC(C)(C)CCC(=O)O. The summed E-state index contributed by atoms with van der Waals surface area (Å²) in [4.78, 5) is 23.2. The van der Waals surface area contributed by atoms with E-state index in [1.54, 1.807) is 0 Å². The number of carbonyl (C=O) groups is 2. The van der Waals surface area contributed by atoms with Crippen molar-refractivity contribution in [1.29, 1.82) is 0 Å². The van der Waals surface area contributed by atoms with Gasteiger partial charge >= 0.3 is 5.97 Å². The quantitative estimate of drug-likeness (QED) is 0.808. The molecule has 0 aliphatic carbocycles. The van der Waals surface area contributed by atoms with Gasteiger partial charge in [0.05, 0.1) is 4.88 Å². The summed E-state index contributed by atoms with van der Waals surface area (Å²) in [6, 6.07) is 1.93. The molecular formula is C14H21NO3S. The molecule has 1 heterocycles. The van der Waals surface area contributed by atoms with Gasteiger partial charge in [0.1, 0.15) is 0 Å². The van der Waals surface area contributed by atoms with Crippen molar-refractivity contribution in [2.24, 2.45) is 5.41 Å². The maximum absolute atomic E-state index is 11.9. The van der Waals surface area contributed by atoms with Crippen LogP contribution in [0.4, 0.5) is 0 Å². The maximum atomic E-state index is 11.9. The predicted molar refractivity (Wildman–Crippen MR) is 76.7 cm³/mol. The van der Waals surface area contributed by atoms with Gasteiger partial charge < -0.3 is 10.4 Å². The van der Waals surface area contributed by atoms with Crippen molar-refractivity contribution in [3.8, 4) is 0 Å². The Morgan fingerprint density at radius 1 is 1.37 bits per heavy atom. The number of hydrogen-bond acceptors (Lipinski definition) is 3. The summed E-state index contributed by atoms with van der Waals surface area (Å²) in [7, 11) is 0. The fourth-order valence-electron chi connectivity index (χ4n) is 1.77. The van der Waals surface area contributed by atoms with Crippen molar-refractivity contribution in [1.82, 2.24) is 5.32 Å². The standard InChI is InChI=1S/C14H21NO3S/c1-10-5-9-19-12(10)13(18)15-8-7-14(2,3)6-4-11(16)17/h5,9H,4,6-8H2,1-3H3,(H,15,18)(H,16,17). The lowest BCUT2D eigenvalue weighted by Crippen LogP contribution is -2.28. The normalized spacial score (nSPS) is 11.3. The molecule has 2 N–H and O–H groups in total. The van der Waals surface area contributed by atoms with Gasteiger partial charge in [-0.3, -0.25) is 9.59 Å². The molecule has 106 valence electrons. The largest absolute Gasteiger partial charge is 0.481 e. The van der Waals surface area contributed by atoms with Gasteiger partial charge in [-0.2, -0.15) is 0 Å². The predicted octanol–water partition coefficient (Wildman–Crippen LogP) is 3.07. The number of aryl methyl sites for hydroxylation is 1. The third kappa shape index (κ3) is 5.42. The molecule has 1 amide bonds. The molecule has 1 aromatic heterocycles. The number of thiophene rings is 1.